The molecule has 0 bridgehead atoms. The molecule has 2 aromatic carbocycles. The predicted molar refractivity (Wildman–Crippen MR) is 124 cm³/mol. The Kier molecular flexibility index (Phi) is 5.43. The Morgan fingerprint density at radius 1 is 0.800 bits per heavy atom. The van der Waals surface area contributed by atoms with Crippen LogP contribution in [0.15, 0.2) is 79.3 Å². The highest BCUT2D eigenvalue weighted by molar-refractivity contribution is 5.95. The maximum atomic E-state index is 4.78. The molecule has 2 heterocycles. The summed E-state index contributed by atoms with van der Waals surface area (Å²) in [6.07, 6.45) is 13.3. The zero-order chi connectivity index (χ0) is 20.2. The Labute approximate surface area is 178 Å². The van der Waals surface area contributed by atoms with Crippen LogP contribution < -0.4 is 5.32 Å². The minimum absolute atomic E-state index is 0.735. The number of rotatable bonds is 5. The molecule has 4 aromatic rings. The molecule has 0 atom stereocenters. The van der Waals surface area contributed by atoms with Gasteiger partial charge in [0.1, 0.15) is 5.82 Å². The summed E-state index contributed by atoms with van der Waals surface area (Å²) in [4.78, 5) is 8.90. The van der Waals surface area contributed by atoms with Crippen molar-refractivity contribution in [3.05, 3.63) is 95.9 Å². The van der Waals surface area contributed by atoms with Crippen molar-refractivity contribution >= 4 is 22.3 Å². The van der Waals surface area contributed by atoms with Crippen molar-refractivity contribution in [2.75, 3.05) is 5.32 Å². The first-order valence-corrected chi connectivity index (χ1v) is 11.0. The molecule has 1 N–H and O–H groups in total. The molecule has 3 nitrogen and oxygen atoms in total. The number of nitrogens with one attached hydrogen (secondary N) is 1. The van der Waals surface area contributed by atoms with E-state index in [1.807, 2.05) is 18.6 Å². The van der Waals surface area contributed by atoms with E-state index >= 15 is 0 Å². The zero-order valence-electron chi connectivity index (χ0n) is 17.2. The zero-order valence-corrected chi connectivity index (χ0v) is 17.2. The van der Waals surface area contributed by atoms with E-state index in [1.165, 1.54) is 54.2 Å². The first-order valence-electron chi connectivity index (χ1n) is 11.0. The van der Waals surface area contributed by atoms with Gasteiger partial charge in [-0.25, -0.2) is 4.98 Å². The van der Waals surface area contributed by atoms with Crippen LogP contribution in [-0.4, -0.2) is 9.97 Å². The number of pyridine rings is 2. The molecule has 5 rings (SSSR count). The van der Waals surface area contributed by atoms with E-state index in [9.17, 15) is 0 Å². The Hall–Kier alpha value is -3.20. The molecule has 30 heavy (non-hydrogen) atoms. The smallest absolute Gasteiger partial charge is 0.138 e. The van der Waals surface area contributed by atoms with E-state index in [2.05, 4.69) is 71.0 Å². The van der Waals surface area contributed by atoms with Gasteiger partial charge in [0.05, 0.1) is 0 Å². The second-order valence-corrected chi connectivity index (χ2v) is 8.29. The normalized spacial score (nSPS) is 14.7. The highest BCUT2D eigenvalue weighted by Gasteiger charge is 2.15. The van der Waals surface area contributed by atoms with Gasteiger partial charge < -0.3 is 5.32 Å². The minimum atomic E-state index is 0.735. The van der Waals surface area contributed by atoms with Crippen LogP contribution in [0.25, 0.3) is 10.8 Å². The van der Waals surface area contributed by atoms with E-state index in [1.54, 1.807) is 0 Å². The van der Waals surface area contributed by atoms with E-state index in [0.717, 1.165) is 29.2 Å². The van der Waals surface area contributed by atoms with Crippen molar-refractivity contribution in [1.29, 1.82) is 0 Å². The van der Waals surface area contributed by atoms with Gasteiger partial charge in [0, 0.05) is 29.7 Å². The summed E-state index contributed by atoms with van der Waals surface area (Å²) in [5.41, 5.74) is 5.05. The summed E-state index contributed by atoms with van der Waals surface area (Å²) in [7, 11) is 0. The van der Waals surface area contributed by atoms with Crippen LogP contribution in [0.2, 0.25) is 0 Å². The number of hydrogen-bond donors (Lipinski definition) is 1. The lowest BCUT2D eigenvalue weighted by Crippen LogP contribution is -2.04. The fourth-order valence-corrected chi connectivity index (χ4v) is 4.62. The average Bonchev–Trinajstić information content (AvgIpc) is 2.82. The SMILES string of the molecule is c1ccc2c(Nc3ccc(C4CCCCC4)cc3)ncc(Cc3ccncc3)c2c1. The summed E-state index contributed by atoms with van der Waals surface area (Å²) in [6, 6.07) is 21.6. The summed E-state index contributed by atoms with van der Waals surface area (Å²) < 4.78 is 0. The Balaban J connectivity index is 1.40. The number of fused-ring (bicyclic) bond motifs is 1. The van der Waals surface area contributed by atoms with Crippen LogP contribution in [0.4, 0.5) is 11.5 Å². The van der Waals surface area contributed by atoms with Crippen molar-refractivity contribution in [1.82, 2.24) is 9.97 Å². The summed E-state index contributed by atoms with van der Waals surface area (Å²) in [6.45, 7) is 0. The van der Waals surface area contributed by atoms with Crippen molar-refractivity contribution in [3.8, 4) is 0 Å². The van der Waals surface area contributed by atoms with Crippen molar-refractivity contribution < 1.29 is 0 Å². The van der Waals surface area contributed by atoms with Crippen LogP contribution in [0.3, 0.4) is 0 Å². The van der Waals surface area contributed by atoms with Gasteiger partial charge in [-0.3, -0.25) is 4.98 Å². The van der Waals surface area contributed by atoms with Gasteiger partial charge in [0.15, 0.2) is 0 Å². The third-order valence-electron chi connectivity index (χ3n) is 6.27. The van der Waals surface area contributed by atoms with E-state index in [4.69, 9.17) is 4.98 Å². The van der Waals surface area contributed by atoms with Gasteiger partial charge in [0.25, 0.3) is 0 Å². The molecule has 0 unspecified atom stereocenters. The van der Waals surface area contributed by atoms with Gasteiger partial charge in [-0.15, -0.1) is 0 Å². The lowest BCUT2D eigenvalue weighted by atomic mass is 9.84. The minimum Gasteiger partial charge on any atom is -0.340 e. The largest absolute Gasteiger partial charge is 0.340 e. The van der Waals surface area contributed by atoms with Crippen LogP contribution in [-0.2, 0) is 6.42 Å². The van der Waals surface area contributed by atoms with Crippen LogP contribution in [0.5, 0.6) is 0 Å². The van der Waals surface area contributed by atoms with Crippen molar-refractivity contribution in [2.24, 2.45) is 0 Å². The van der Waals surface area contributed by atoms with Crippen LogP contribution in [0.1, 0.15) is 54.7 Å². The molecule has 150 valence electrons. The monoisotopic (exact) mass is 393 g/mol. The third-order valence-corrected chi connectivity index (χ3v) is 6.27. The molecular formula is C27H27N3. The molecule has 0 aliphatic heterocycles. The fourth-order valence-electron chi connectivity index (χ4n) is 4.62. The highest BCUT2D eigenvalue weighted by atomic mass is 15.0. The Morgan fingerprint density at radius 2 is 1.53 bits per heavy atom. The van der Waals surface area contributed by atoms with Crippen molar-refractivity contribution in [3.63, 3.8) is 0 Å². The van der Waals surface area contributed by atoms with Crippen LogP contribution in [0, 0.1) is 0 Å². The van der Waals surface area contributed by atoms with E-state index < -0.39 is 0 Å². The standard InChI is InChI=1S/C27H27N3/c1-2-6-21(7-3-1)22-10-12-24(13-11-22)30-27-26-9-5-4-8-25(26)23(19-29-27)18-20-14-16-28-17-15-20/h4-5,8-17,19,21H,1-3,6-7,18H2,(H,29,30). The molecule has 0 radical (unpaired) electrons. The van der Waals surface area contributed by atoms with Gasteiger partial charge in [-0.2, -0.15) is 0 Å². The molecule has 1 saturated carbocycles. The van der Waals surface area contributed by atoms with Gasteiger partial charge in [-0.1, -0.05) is 55.7 Å². The Morgan fingerprint density at radius 3 is 2.30 bits per heavy atom. The second kappa shape index (κ2) is 8.66. The van der Waals surface area contributed by atoms with E-state index in [-0.39, 0.29) is 0 Å². The number of anilines is 2. The predicted octanol–water partition coefficient (Wildman–Crippen LogP) is 7.01. The highest BCUT2D eigenvalue weighted by Crippen LogP contribution is 2.34. The molecule has 3 heteroatoms. The second-order valence-electron chi connectivity index (χ2n) is 8.29. The maximum Gasteiger partial charge on any atom is 0.138 e. The molecule has 0 amide bonds. The maximum absolute atomic E-state index is 4.78. The fraction of sp³-hybridized carbons (Fsp3) is 0.259. The molecule has 1 fully saturated rings. The summed E-state index contributed by atoms with van der Waals surface area (Å²) in [5, 5.41) is 5.94. The summed E-state index contributed by atoms with van der Waals surface area (Å²) in [5.74, 6) is 1.65. The molecule has 0 saturated heterocycles. The Bertz CT molecular complexity index is 1110. The summed E-state index contributed by atoms with van der Waals surface area (Å²) >= 11 is 0. The van der Waals surface area contributed by atoms with Crippen LogP contribution >= 0.6 is 0 Å². The van der Waals surface area contributed by atoms with Gasteiger partial charge in [-0.05, 0) is 71.5 Å². The lowest BCUT2D eigenvalue weighted by molar-refractivity contribution is 0.443. The molecule has 1 aliphatic carbocycles. The van der Waals surface area contributed by atoms with Gasteiger partial charge in [0.2, 0.25) is 0 Å². The first-order chi connectivity index (χ1) is 14.9. The molecule has 2 aromatic heterocycles. The molecule has 1 aliphatic rings. The topological polar surface area (TPSA) is 37.8 Å². The number of benzene rings is 2. The lowest BCUT2D eigenvalue weighted by Gasteiger charge is -2.22. The molecule has 0 spiro atoms. The van der Waals surface area contributed by atoms with E-state index in [0.29, 0.717) is 0 Å². The van der Waals surface area contributed by atoms with Crippen molar-refractivity contribution in [2.45, 2.75) is 44.4 Å². The first kappa shape index (κ1) is 18.8. The number of hydrogen-bond acceptors (Lipinski definition) is 3. The number of aromatic nitrogens is 2. The molecular weight excluding hydrogens is 366 g/mol. The third kappa shape index (κ3) is 4.06. The number of nitrogens with zero attached hydrogens (tertiary/aromatic N) is 2. The average molecular weight is 394 g/mol. The quantitative estimate of drug-likeness (QED) is 0.396. The van der Waals surface area contributed by atoms with Gasteiger partial charge >= 0.3 is 0 Å².